The number of allylic oxidation sites excluding steroid dienone is 3. The molecule has 0 heterocycles. The average molecular weight is 300 g/mol. The van der Waals surface area contributed by atoms with Crippen molar-refractivity contribution in [1.29, 1.82) is 0 Å². The first-order valence-electron chi connectivity index (χ1n) is 8.26. The van der Waals surface area contributed by atoms with Crippen LogP contribution in [0.15, 0.2) is 47.6 Å². The number of methoxy groups -OCH3 is 1. The molecule has 0 saturated heterocycles. The first-order chi connectivity index (χ1) is 10.6. The minimum absolute atomic E-state index is 0.201. The standard InChI is InChI=1S/C20H28O2/c1-15(13-19-16(2)11-12-20(19)21)7-4-5-8-17-9-6-10-18(14-17)22-3/h4,6-7,9-10,14-15,20-21H,5,8,11-13H2,1-3H3/b7-4+. The predicted octanol–water partition coefficient (Wildman–Crippen LogP) is 4.68. The van der Waals surface area contributed by atoms with Crippen LogP contribution in [-0.4, -0.2) is 18.3 Å². The van der Waals surface area contributed by atoms with E-state index >= 15 is 0 Å². The fourth-order valence-electron chi connectivity index (χ4n) is 3.10. The lowest BCUT2D eigenvalue weighted by atomic mass is 9.96. The van der Waals surface area contributed by atoms with Gasteiger partial charge in [0.25, 0.3) is 0 Å². The Morgan fingerprint density at radius 3 is 2.91 bits per heavy atom. The maximum Gasteiger partial charge on any atom is 0.119 e. The SMILES string of the molecule is COc1cccc(CC/C=C/C(C)CC2=C(C)CCC2O)c1. The van der Waals surface area contributed by atoms with E-state index in [4.69, 9.17) is 4.74 Å². The second-order valence-electron chi connectivity index (χ2n) is 6.36. The molecular formula is C20H28O2. The summed E-state index contributed by atoms with van der Waals surface area (Å²) in [4.78, 5) is 0. The van der Waals surface area contributed by atoms with Crippen LogP contribution in [0.2, 0.25) is 0 Å². The lowest BCUT2D eigenvalue weighted by molar-refractivity contribution is 0.206. The topological polar surface area (TPSA) is 29.5 Å². The second kappa shape index (κ2) is 8.19. The minimum Gasteiger partial charge on any atom is -0.497 e. The third kappa shape index (κ3) is 4.74. The zero-order valence-electron chi connectivity index (χ0n) is 14.0. The molecular weight excluding hydrogens is 272 g/mol. The van der Waals surface area contributed by atoms with E-state index in [0.717, 1.165) is 37.9 Å². The summed E-state index contributed by atoms with van der Waals surface area (Å²) >= 11 is 0. The van der Waals surface area contributed by atoms with Gasteiger partial charge in [0.2, 0.25) is 0 Å². The third-order valence-electron chi connectivity index (χ3n) is 4.48. The number of benzene rings is 1. The number of aliphatic hydroxyl groups excluding tert-OH is 1. The summed E-state index contributed by atoms with van der Waals surface area (Å²) in [5, 5.41) is 9.98. The summed E-state index contributed by atoms with van der Waals surface area (Å²) in [7, 11) is 1.70. The summed E-state index contributed by atoms with van der Waals surface area (Å²) in [5.74, 6) is 1.41. The first-order valence-corrected chi connectivity index (χ1v) is 8.26. The molecule has 2 nitrogen and oxygen atoms in total. The molecule has 2 rings (SSSR count). The predicted molar refractivity (Wildman–Crippen MR) is 92.2 cm³/mol. The van der Waals surface area contributed by atoms with Gasteiger partial charge in [0.05, 0.1) is 13.2 Å². The van der Waals surface area contributed by atoms with Crippen LogP contribution in [-0.2, 0) is 6.42 Å². The van der Waals surface area contributed by atoms with Crippen molar-refractivity contribution in [2.45, 2.75) is 52.1 Å². The van der Waals surface area contributed by atoms with Crippen molar-refractivity contribution in [1.82, 2.24) is 0 Å². The highest BCUT2D eigenvalue weighted by Gasteiger charge is 2.21. The van der Waals surface area contributed by atoms with Gasteiger partial charge in [0, 0.05) is 0 Å². The smallest absolute Gasteiger partial charge is 0.119 e. The van der Waals surface area contributed by atoms with Gasteiger partial charge in [-0.3, -0.25) is 0 Å². The summed E-state index contributed by atoms with van der Waals surface area (Å²) < 4.78 is 5.25. The molecule has 0 amide bonds. The second-order valence-corrected chi connectivity index (χ2v) is 6.36. The van der Waals surface area contributed by atoms with E-state index in [1.807, 2.05) is 12.1 Å². The van der Waals surface area contributed by atoms with Gasteiger partial charge in [-0.1, -0.05) is 36.8 Å². The largest absolute Gasteiger partial charge is 0.497 e. The van der Waals surface area contributed by atoms with E-state index in [1.165, 1.54) is 16.7 Å². The van der Waals surface area contributed by atoms with Crippen LogP contribution >= 0.6 is 0 Å². The highest BCUT2D eigenvalue weighted by Crippen LogP contribution is 2.31. The van der Waals surface area contributed by atoms with Crippen LogP contribution in [0, 0.1) is 5.92 Å². The van der Waals surface area contributed by atoms with Crippen molar-refractivity contribution in [3.8, 4) is 5.75 Å². The van der Waals surface area contributed by atoms with E-state index in [-0.39, 0.29) is 6.10 Å². The Hall–Kier alpha value is -1.54. The van der Waals surface area contributed by atoms with Crippen LogP contribution in [0.25, 0.3) is 0 Å². The van der Waals surface area contributed by atoms with Gasteiger partial charge < -0.3 is 9.84 Å². The zero-order valence-corrected chi connectivity index (χ0v) is 14.0. The van der Waals surface area contributed by atoms with Crippen LogP contribution in [0.3, 0.4) is 0 Å². The molecule has 0 radical (unpaired) electrons. The van der Waals surface area contributed by atoms with Gasteiger partial charge in [-0.15, -0.1) is 0 Å². The molecule has 2 unspecified atom stereocenters. The molecule has 1 N–H and O–H groups in total. The third-order valence-corrected chi connectivity index (χ3v) is 4.48. The highest BCUT2D eigenvalue weighted by atomic mass is 16.5. The number of aliphatic hydroxyl groups is 1. The highest BCUT2D eigenvalue weighted by molar-refractivity contribution is 5.28. The fourth-order valence-corrected chi connectivity index (χ4v) is 3.10. The van der Waals surface area contributed by atoms with Gasteiger partial charge in [-0.25, -0.2) is 0 Å². The molecule has 0 aromatic heterocycles. The van der Waals surface area contributed by atoms with Gasteiger partial charge in [-0.2, -0.15) is 0 Å². The van der Waals surface area contributed by atoms with Crippen molar-refractivity contribution >= 4 is 0 Å². The number of rotatable bonds is 7. The molecule has 1 aliphatic rings. The molecule has 0 aliphatic heterocycles. The molecule has 0 bridgehead atoms. The average Bonchev–Trinajstić information content (AvgIpc) is 2.83. The van der Waals surface area contributed by atoms with E-state index in [0.29, 0.717) is 5.92 Å². The van der Waals surface area contributed by atoms with Gasteiger partial charge in [0.1, 0.15) is 5.75 Å². The Balaban J connectivity index is 1.78. The molecule has 1 aromatic carbocycles. The minimum atomic E-state index is -0.201. The fraction of sp³-hybridized carbons (Fsp3) is 0.500. The van der Waals surface area contributed by atoms with Crippen LogP contribution in [0.5, 0.6) is 5.75 Å². The quantitative estimate of drug-likeness (QED) is 0.741. The molecule has 0 fully saturated rings. The Labute approximate surface area is 134 Å². The summed E-state index contributed by atoms with van der Waals surface area (Å²) in [6.07, 6.45) is 9.38. The van der Waals surface area contributed by atoms with Gasteiger partial charge in [-0.05, 0) is 68.2 Å². The van der Waals surface area contributed by atoms with Crippen LogP contribution in [0.1, 0.15) is 45.1 Å². The van der Waals surface area contributed by atoms with Crippen molar-refractivity contribution in [3.63, 3.8) is 0 Å². The summed E-state index contributed by atoms with van der Waals surface area (Å²) in [6.45, 7) is 4.39. The van der Waals surface area contributed by atoms with E-state index in [1.54, 1.807) is 7.11 Å². The maximum absolute atomic E-state index is 9.98. The van der Waals surface area contributed by atoms with Crippen LogP contribution < -0.4 is 4.74 Å². The Morgan fingerprint density at radius 1 is 1.41 bits per heavy atom. The Morgan fingerprint density at radius 2 is 2.23 bits per heavy atom. The number of aryl methyl sites for hydroxylation is 1. The normalized spacial score (nSPS) is 19.9. The molecule has 22 heavy (non-hydrogen) atoms. The monoisotopic (exact) mass is 300 g/mol. The summed E-state index contributed by atoms with van der Waals surface area (Å²) in [6, 6.07) is 8.25. The molecule has 2 heteroatoms. The molecule has 2 atom stereocenters. The molecule has 1 aromatic rings. The van der Waals surface area contributed by atoms with E-state index in [2.05, 4.69) is 38.1 Å². The number of hydrogen-bond donors (Lipinski definition) is 1. The number of hydrogen-bond acceptors (Lipinski definition) is 2. The lowest BCUT2D eigenvalue weighted by Gasteiger charge is -2.13. The molecule has 120 valence electrons. The van der Waals surface area contributed by atoms with Crippen molar-refractivity contribution in [2.24, 2.45) is 5.92 Å². The van der Waals surface area contributed by atoms with Crippen molar-refractivity contribution in [2.75, 3.05) is 7.11 Å². The number of ether oxygens (including phenoxy) is 1. The zero-order chi connectivity index (χ0) is 15.9. The first kappa shape index (κ1) is 16.8. The molecule has 0 saturated carbocycles. The van der Waals surface area contributed by atoms with Gasteiger partial charge in [0.15, 0.2) is 0 Å². The summed E-state index contributed by atoms with van der Waals surface area (Å²) in [5.41, 5.74) is 3.97. The van der Waals surface area contributed by atoms with Gasteiger partial charge >= 0.3 is 0 Å². The van der Waals surface area contributed by atoms with Crippen molar-refractivity contribution < 1.29 is 9.84 Å². The van der Waals surface area contributed by atoms with E-state index < -0.39 is 0 Å². The van der Waals surface area contributed by atoms with Crippen LogP contribution in [0.4, 0.5) is 0 Å². The molecule has 0 spiro atoms. The Kier molecular flexibility index (Phi) is 6.26. The maximum atomic E-state index is 9.98. The lowest BCUT2D eigenvalue weighted by Crippen LogP contribution is -2.07. The van der Waals surface area contributed by atoms with Crippen molar-refractivity contribution in [3.05, 3.63) is 53.1 Å². The van der Waals surface area contributed by atoms with E-state index in [9.17, 15) is 5.11 Å². The Bertz CT molecular complexity index is 542. The molecule has 1 aliphatic carbocycles.